The zero-order valence-corrected chi connectivity index (χ0v) is 13.1. The van der Waals surface area contributed by atoms with Gasteiger partial charge in [-0.3, -0.25) is 4.79 Å². The van der Waals surface area contributed by atoms with Crippen LogP contribution in [0.1, 0.15) is 6.42 Å². The first-order valence-corrected chi connectivity index (χ1v) is 7.72. The molecule has 0 saturated carbocycles. The van der Waals surface area contributed by atoms with Gasteiger partial charge >= 0.3 is 0 Å². The SMILES string of the molecule is COCCNC(=O)CCNc1ccccc1N1CCOCC1. The average molecular weight is 307 g/mol. The summed E-state index contributed by atoms with van der Waals surface area (Å²) in [4.78, 5) is 14.0. The van der Waals surface area contributed by atoms with Gasteiger partial charge in [0.2, 0.25) is 5.91 Å². The number of methoxy groups -OCH3 is 1. The van der Waals surface area contributed by atoms with Crippen molar-refractivity contribution in [1.82, 2.24) is 5.32 Å². The number of benzene rings is 1. The lowest BCUT2D eigenvalue weighted by atomic mass is 10.2. The van der Waals surface area contributed by atoms with E-state index in [4.69, 9.17) is 9.47 Å². The molecule has 0 bridgehead atoms. The molecule has 1 aliphatic heterocycles. The number of rotatable bonds is 8. The molecule has 1 aliphatic rings. The number of para-hydroxylation sites is 2. The number of carbonyl (C=O) groups is 1. The van der Waals surface area contributed by atoms with E-state index in [0.29, 0.717) is 26.1 Å². The van der Waals surface area contributed by atoms with Crippen LogP contribution in [0.25, 0.3) is 0 Å². The zero-order chi connectivity index (χ0) is 15.6. The smallest absolute Gasteiger partial charge is 0.221 e. The molecule has 6 heteroatoms. The number of ether oxygens (including phenoxy) is 2. The van der Waals surface area contributed by atoms with Crippen molar-refractivity contribution in [2.24, 2.45) is 0 Å². The van der Waals surface area contributed by atoms with Gasteiger partial charge in [-0.05, 0) is 12.1 Å². The number of hydrogen-bond acceptors (Lipinski definition) is 5. The quantitative estimate of drug-likeness (QED) is 0.704. The highest BCUT2D eigenvalue weighted by Gasteiger charge is 2.14. The molecule has 1 aromatic rings. The number of morpholine rings is 1. The maximum Gasteiger partial charge on any atom is 0.221 e. The van der Waals surface area contributed by atoms with Crippen molar-refractivity contribution in [3.63, 3.8) is 0 Å². The molecule has 1 saturated heterocycles. The standard InChI is InChI=1S/C16H25N3O3/c1-21-11-8-18-16(20)6-7-17-14-4-2-3-5-15(14)19-9-12-22-13-10-19/h2-5,17H,6-13H2,1H3,(H,18,20). The fraction of sp³-hybridized carbons (Fsp3) is 0.562. The van der Waals surface area contributed by atoms with Crippen LogP contribution in [0.5, 0.6) is 0 Å². The monoisotopic (exact) mass is 307 g/mol. The highest BCUT2D eigenvalue weighted by molar-refractivity contribution is 5.77. The van der Waals surface area contributed by atoms with Crippen LogP contribution in [0, 0.1) is 0 Å². The minimum absolute atomic E-state index is 0.0356. The predicted octanol–water partition coefficient (Wildman–Crippen LogP) is 1.09. The molecular formula is C16H25N3O3. The summed E-state index contributed by atoms with van der Waals surface area (Å²) in [5, 5.41) is 6.17. The summed E-state index contributed by atoms with van der Waals surface area (Å²) in [6.07, 6.45) is 0.446. The molecular weight excluding hydrogens is 282 g/mol. The minimum Gasteiger partial charge on any atom is -0.383 e. The summed E-state index contributed by atoms with van der Waals surface area (Å²) < 4.78 is 10.3. The molecule has 122 valence electrons. The van der Waals surface area contributed by atoms with Crippen molar-refractivity contribution in [2.75, 3.05) is 63.3 Å². The van der Waals surface area contributed by atoms with E-state index in [1.807, 2.05) is 18.2 Å². The molecule has 1 fully saturated rings. The molecule has 0 spiro atoms. The van der Waals surface area contributed by atoms with E-state index in [-0.39, 0.29) is 5.91 Å². The number of carbonyl (C=O) groups excluding carboxylic acids is 1. The number of nitrogens with zero attached hydrogens (tertiary/aromatic N) is 1. The Morgan fingerprint density at radius 1 is 1.27 bits per heavy atom. The first-order chi connectivity index (χ1) is 10.8. The van der Waals surface area contributed by atoms with Gasteiger partial charge in [0.05, 0.1) is 31.2 Å². The van der Waals surface area contributed by atoms with Gasteiger partial charge < -0.3 is 25.0 Å². The molecule has 1 heterocycles. The first-order valence-electron chi connectivity index (χ1n) is 7.72. The lowest BCUT2D eigenvalue weighted by Gasteiger charge is -2.30. The van der Waals surface area contributed by atoms with Gasteiger partial charge in [0.25, 0.3) is 0 Å². The molecule has 2 N–H and O–H groups in total. The fourth-order valence-corrected chi connectivity index (χ4v) is 2.39. The molecule has 0 aromatic heterocycles. The van der Waals surface area contributed by atoms with Gasteiger partial charge in [-0.1, -0.05) is 12.1 Å². The molecule has 6 nitrogen and oxygen atoms in total. The van der Waals surface area contributed by atoms with Gasteiger partial charge in [-0.2, -0.15) is 0 Å². The van der Waals surface area contributed by atoms with Crippen LogP contribution >= 0.6 is 0 Å². The molecule has 0 atom stereocenters. The Morgan fingerprint density at radius 3 is 2.82 bits per heavy atom. The summed E-state index contributed by atoms with van der Waals surface area (Å²) in [6.45, 7) is 5.03. The van der Waals surface area contributed by atoms with Crippen LogP contribution in [-0.4, -0.2) is 59.0 Å². The second kappa shape index (κ2) is 9.27. The maximum absolute atomic E-state index is 11.7. The molecule has 0 aliphatic carbocycles. The van der Waals surface area contributed by atoms with Crippen molar-refractivity contribution in [1.29, 1.82) is 0 Å². The Hall–Kier alpha value is -1.79. The Balaban J connectivity index is 1.81. The Kier molecular flexibility index (Phi) is 6.99. The number of nitrogens with one attached hydrogen (secondary N) is 2. The van der Waals surface area contributed by atoms with E-state index in [0.717, 1.165) is 32.0 Å². The largest absolute Gasteiger partial charge is 0.383 e. The van der Waals surface area contributed by atoms with Gasteiger partial charge in [-0.15, -0.1) is 0 Å². The van der Waals surface area contributed by atoms with Crippen LogP contribution in [0.4, 0.5) is 11.4 Å². The third-order valence-electron chi connectivity index (χ3n) is 3.55. The number of anilines is 2. The fourth-order valence-electron chi connectivity index (χ4n) is 2.39. The highest BCUT2D eigenvalue weighted by atomic mass is 16.5. The van der Waals surface area contributed by atoms with Gasteiger partial charge in [-0.25, -0.2) is 0 Å². The van der Waals surface area contributed by atoms with Crippen LogP contribution in [0.15, 0.2) is 24.3 Å². The third kappa shape index (κ3) is 5.20. The Bertz CT molecular complexity index is 462. The van der Waals surface area contributed by atoms with Crippen molar-refractivity contribution in [2.45, 2.75) is 6.42 Å². The van der Waals surface area contributed by atoms with E-state index < -0.39 is 0 Å². The van der Waals surface area contributed by atoms with Gasteiger partial charge in [0.15, 0.2) is 0 Å². The summed E-state index contributed by atoms with van der Waals surface area (Å²) in [5.74, 6) is 0.0356. The number of hydrogen-bond donors (Lipinski definition) is 2. The van der Waals surface area contributed by atoms with Crippen LogP contribution in [0.3, 0.4) is 0 Å². The van der Waals surface area contributed by atoms with Crippen LogP contribution in [0.2, 0.25) is 0 Å². The topological polar surface area (TPSA) is 62.8 Å². The average Bonchev–Trinajstić information content (AvgIpc) is 2.56. The second-order valence-corrected chi connectivity index (χ2v) is 5.14. The Labute approximate surface area is 131 Å². The summed E-state index contributed by atoms with van der Waals surface area (Å²) in [7, 11) is 1.62. The summed E-state index contributed by atoms with van der Waals surface area (Å²) in [5.41, 5.74) is 2.24. The van der Waals surface area contributed by atoms with Crippen molar-refractivity contribution >= 4 is 17.3 Å². The molecule has 0 unspecified atom stereocenters. The first kappa shape index (κ1) is 16.6. The van der Waals surface area contributed by atoms with E-state index in [9.17, 15) is 4.79 Å². The number of amides is 1. The lowest BCUT2D eigenvalue weighted by molar-refractivity contribution is -0.121. The third-order valence-corrected chi connectivity index (χ3v) is 3.55. The van der Waals surface area contributed by atoms with Crippen molar-refractivity contribution in [3.8, 4) is 0 Å². The van der Waals surface area contributed by atoms with E-state index in [2.05, 4.69) is 21.6 Å². The van der Waals surface area contributed by atoms with Crippen molar-refractivity contribution in [3.05, 3.63) is 24.3 Å². The molecule has 0 radical (unpaired) electrons. The summed E-state index contributed by atoms with van der Waals surface area (Å²) in [6, 6.07) is 8.19. The van der Waals surface area contributed by atoms with Crippen molar-refractivity contribution < 1.29 is 14.3 Å². The lowest BCUT2D eigenvalue weighted by Crippen LogP contribution is -2.36. The highest BCUT2D eigenvalue weighted by Crippen LogP contribution is 2.26. The Morgan fingerprint density at radius 2 is 2.05 bits per heavy atom. The molecule has 1 aromatic carbocycles. The van der Waals surface area contributed by atoms with E-state index >= 15 is 0 Å². The minimum atomic E-state index is 0.0356. The van der Waals surface area contributed by atoms with E-state index in [1.54, 1.807) is 7.11 Å². The van der Waals surface area contributed by atoms with Gasteiger partial charge in [0.1, 0.15) is 0 Å². The normalized spacial score (nSPS) is 14.7. The second-order valence-electron chi connectivity index (χ2n) is 5.14. The zero-order valence-electron chi connectivity index (χ0n) is 13.1. The molecule has 2 rings (SSSR count). The molecule has 1 amide bonds. The van der Waals surface area contributed by atoms with E-state index in [1.165, 1.54) is 5.69 Å². The van der Waals surface area contributed by atoms with Crippen LogP contribution < -0.4 is 15.5 Å². The van der Waals surface area contributed by atoms with Gasteiger partial charge in [0, 0.05) is 39.7 Å². The summed E-state index contributed by atoms with van der Waals surface area (Å²) >= 11 is 0. The van der Waals surface area contributed by atoms with Crippen LogP contribution in [-0.2, 0) is 14.3 Å². The molecule has 22 heavy (non-hydrogen) atoms. The predicted molar refractivity (Wildman–Crippen MR) is 87.5 cm³/mol. The maximum atomic E-state index is 11.7.